The number of nitrogens with zero attached hydrogens (tertiary/aromatic N) is 2. The number of amides is 1. The molecule has 1 aromatic rings. The van der Waals surface area contributed by atoms with Crippen LogP contribution in [0.3, 0.4) is 0 Å². The molecule has 1 aromatic carbocycles. The number of hydrogen-bond donors (Lipinski definition) is 1. The quantitative estimate of drug-likeness (QED) is 0.673. The van der Waals surface area contributed by atoms with Gasteiger partial charge in [0.2, 0.25) is 0 Å². The number of nitro groups is 1. The molecule has 2 rings (SSSR count). The van der Waals surface area contributed by atoms with E-state index >= 15 is 0 Å². The molecule has 0 radical (unpaired) electrons. The molecule has 0 aliphatic heterocycles. The van der Waals surface area contributed by atoms with Gasteiger partial charge >= 0.3 is 0 Å². The van der Waals surface area contributed by atoms with Crippen molar-refractivity contribution in [3.8, 4) is 6.07 Å². The Morgan fingerprint density at radius 2 is 2.25 bits per heavy atom. The summed E-state index contributed by atoms with van der Waals surface area (Å²) >= 11 is 0. The van der Waals surface area contributed by atoms with Crippen LogP contribution in [-0.2, 0) is 0 Å². The highest BCUT2D eigenvalue weighted by molar-refractivity contribution is 5.95. The van der Waals surface area contributed by atoms with Crippen molar-refractivity contribution in [1.29, 1.82) is 5.26 Å². The van der Waals surface area contributed by atoms with Gasteiger partial charge in [-0.2, -0.15) is 5.26 Å². The number of non-ortho nitro benzene ring substituents is 1. The minimum absolute atomic E-state index is 0.0179. The molecule has 1 fully saturated rings. The van der Waals surface area contributed by atoms with Crippen LogP contribution < -0.4 is 5.32 Å². The average molecular weight is 277 g/mol. The van der Waals surface area contributed by atoms with Crippen molar-refractivity contribution < 1.29 is 14.1 Å². The van der Waals surface area contributed by atoms with Gasteiger partial charge in [0.15, 0.2) is 0 Å². The Bertz CT molecular complexity index is 620. The van der Waals surface area contributed by atoms with Gasteiger partial charge in [0.25, 0.3) is 11.6 Å². The summed E-state index contributed by atoms with van der Waals surface area (Å²) in [6.07, 6.45) is 1.68. The third kappa shape index (κ3) is 2.74. The maximum Gasteiger partial charge on any atom is 0.270 e. The lowest BCUT2D eigenvalue weighted by Gasteiger charge is -2.11. The second kappa shape index (κ2) is 5.25. The first-order valence-corrected chi connectivity index (χ1v) is 6.09. The topological polar surface area (TPSA) is 96.0 Å². The fraction of sp³-hybridized carbons (Fsp3) is 0.385. The van der Waals surface area contributed by atoms with Crippen LogP contribution in [0, 0.1) is 40.1 Å². The van der Waals surface area contributed by atoms with E-state index in [1.54, 1.807) is 0 Å². The maximum absolute atomic E-state index is 13.9. The molecular formula is C13H12FN3O3. The molecule has 1 N–H and O–H groups in total. The van der Waals surface area contributed by atoms with Crippen LogP contribution in [0.25, 0.3) is 0 Å². The number of rotatable bonds is 4. The summed E-state index contributed by atoms with van der Waals surface area (Å²) < 4.78 is 13.9. The normalized spacial score (nSPS) is 15.2. The first kappa shape index (κ1) is 13.9. The highest BCUT2D eigenvalue weighted by atomic mass is 19.1. The number of nitro benzene ring substituents is 1. The van der Waals surface area contributed by atoms with Crippen LogP contribution in [0.15, 0.2) is 12.1 Å². The van der Waals surface area contributed by atoms with Gasteiger partial charge in [-0.05, 0) is 31.2 Å². The summed E-state index contributed by atoms with van der Waals surface area (Å²) in [7, 11) is 0. The van der Waals surface area contributed by atoms with Crippen molar-refractivity contribution >= 4 is 11.6 Å². The lowest BCUT2D eigenvalue weighted by atomic mass is 10.1. The van der Waals surface area contributed by atoms with Crippen molar-refractivity contribution in [3.05, 3.63) is 39.2 Å². The van der Waals surface area contributed by atoms with Crippen molar-refractivity contribution in [2.75, 3.05) is 0 Å². The molecule has 1 saturated carbocycles. The molecule has 1 amide bonds. The summed E-state index contributed by atoms with van der Waals surface area (Å²) in [4.78, 5) is 22.0. The molecule has 104 valence electrons. The van der Waals surface area contributed by atoms with Crippen LogP contribution in [0.5, 0.6) is 0 Å². The monoisotopic (exact) mass is 277 g/mol. The lowest BCUT2D eigenvalue weighted by molar-refractivity contribution is -0.385. The van der Waals surface area contributed by atoms with Crippen LogP contribution in [0.2, 0.25) is 0 Å². The van der Waals surface area contributed by atoms with E-state index < -0.39 is 28.3 Å². The number of nitrogens with one attached hydrogen (secondary N) is 1. The lowest BCUT2D eigenvalue weighted by Crippen LogP contribution is -2.35. The SMILES string of the molecule is Cc1cc([N+](=O)[O-])cc(C(=O)NC(C#N)C2CC2)c1F. The largest absolute Gasteiger partial charge is 0.336 e. The van der Waals surface area contributed by atoms with E-state index in [9.17, 15) is 19.3 Å². The Labute approximate surface area is 114 Å². The van der Waals surface area contributed by atoms with Gasteiger partial charge in [-0.15, -0.1) is 0 Å². The molecular weight excluding hydrogens is 265 g/mol. The molecule has 20 heavy (non-hydrogen) atoms. The number of hydrogen-bond acceptors (Lipinski definition) is 4. The Balaban J connectivity index is 2.29. The summed E-state index contributed by atoms with van der Waals surface area (Å²) in [6, 6.07) is 3.22. The van der Waals surface area contributed by atoms with E-state index in [1.165, 1.54) is 6.92 Å². The second-order valence-electron chi connectivity index (χ2n) is 4.80. The zero-order valence-electron chi connectivity index (χ0n) is 10.7. The Morgan fingerprint density at radius 1 is 1.60 bits per heavy atom. The molecule has 0 spiro atoms. The van der Waals surface area contributed by atoms with Crippen molar-refractivity contribution in [3.63, 3.8) is 0 Å². The van der Waals surface area contributed by atoms with Crippen molar-refractivity contribution in [2.24, 2.45) is 5.92 Å². The van der Waals surface area contributed by atoms with Gasteiger partial charge < -0.3 is 5.32 Å². The number of nitriles is 1. The molecule has 6 nitrogen and oxygen atoms in total. The number of halogens is 1. The number of carbonyl (C=O) groups excluding carboxylic acids is 1. The number of carbonyl (C=O) groups is 1. The van der Waals surface area contributed by atoms with Gasteiger partial charge in [0.1, 0.15) is 11.9 Å². The fourth-order valence-corrected chi connectivity index (χ4v) is 1.93. The van der Waals surface area contributed by atoms with E-state index in [-0.39, 0.29) is 17.2 Å². The van der Waals surface area contributed by atoms with E-state index in [1.807, 2.05) is 6.07 Å². The first-order valence-electron chi connectivity index (χ1n) is 6.09. The molecule has 0 aromatic heterocycles. The van der Waals surface area contributed by atoms with Crippen LogP contribution >= 0.6 is 0 Å². The highest BCUT2D eigenvalue weighted by Crippen LogP contribution is 2.32. The summed E-state index contributed by atoms with van der Waals surface area (Å²) in [5.41, 5.74) is -0.740. The zero-order chi connectivity index (χ0) is 14.9. The van der Waals surface area contributed by atoms with E-state index in [0.29, 0.717) is 0 Å². The Kier molecular flexibility index (Phi) is 3.66. The van der Waals surface area contributed by atoms with Gasteiger partial charge in [-0.1, -0.05) is 0 Å². The Hall–Kier alpha value is -2.49. The minimum atomic E-state index is -0.805. The third-order valence-electron chi connectivity index (χ3n) is 3.21. The molecule has 1 unspecified atom stereocenters. The predicted octanol–water partition coefficient (Wildman–Crippen LogP) is 2.07. The standard InChI is InChI=1S/C13H12FN3O3/c1-7-4-9(17(19)20)5-10(12(7)14)13(18)16-11(6-15)8-2-3-8/h4-5,8,11H,2-3H2,1H3,(H,16,18). The molecule has 7 heteroatoms. The number of benzene rings is 1. The predicted molar refractivity (Wildman–Crippen MR) is 67.4 cm³/mol. The van der Waals surface area contributed by atoms with Crippen LogP contribution in [0.4, 0.5) is 10.1 Å². The zero-order valence-corrected chi connectivity index (χ0v) is 10.7. The maximum atomic E-state index is 13.9. The summed E-state index contributed by atoms with van der Waals surface area (Å²) in [6.45, 7) is 1.35. The highest BCUT2D eigenvalue weighted by Gasteiger charge is 2.33. The Morgan fingerprint density at radius 3 is 2.75 bits per heavy atom. The molecule has 0 bridgehead atoms. The molecule has 1 aliphatic carbocycles. The van der Waals surface area contributed by atoms with E-state index in [0.717, 1.165) is 25.0 Å². The molecule has 0 saturated heterocycles. The van der Waals surface area contributed by atoms with Crippen LogP contribution in [0.1, 0.15) is 28.8 Å². The molecule has 1 aliphatic rings. The molecule has 0 heterocycles. The summed E-state index contributed by atoms with van der Waals surface area (Å²) in [5.74, 6) is -1.51. The molecule has 1 atom stereocenters. The van der Waals surface area contributed by atoms with Crippen molar-refractivity contribution in [2.45, 2.75) is 25.8 Å². The van der Waals surface area contributed by atoms with Gasteiger partial charge in [0, 0.05) is 12.1 Å². The van der Waals surface area contributed by atoms with E-state index in [4.69, 9.17) is 5.26 Å². The number of aryl methyl sites for hydroxylation is 1. The van der Waals surface area contributed by atoms with Crippen molar-refractivity contribution in [1.82, 2.24) is 5.32 Å². The van der Waals surface area contributed by atoms with Gasteiger partial charge in [-0.25, -0.2) is 4.39 Å². The van der Waals surface area contributed by atoms with Crippen LogP contribution in [-0.4, -0.2) is 16.9 Å². The van der Waals surface area contributed by atoms with Gasteiger partial charge in [0.05, 0.1) is 16.6 Å². The summed E-state index contributed by atoms with van der Waals surface area (Å²) in [5, 5.41) is 22.1. The smallest absolute Gasteiger partial charge is 0.270 e. The van der Waals surface area contributed by atoms with Gasteiger partial charge in [-0.3, -0.25) is 14.9 Å². The van der Waals surface area contributed by atoms with E-state index in [2.05, 4.69) is 5.32 Å². The third-order valence-corrected chi connectivity index (χ3v) is 3.21. The average Bonchev–Trinajstić information content (AvgIpc) is 3.22. The first-order chi connectivity index (χ1) is 9.43. The fourth-order valence-electron chi connectivity index (χ4n) is 1.93. The minimum Gasteiger partial charge on any atom is -0.336 e. The second-order valence-corrected chi connectivity index (χ2v) is 4.80.